The number of anilines is 1. The van der Waals surface area contributed by atoms with Gasteiger partial charge in [-0.05, 0) is 26.0 Å². The number of ether oxygens (including phenoxy) is 2. The van der Waals surface area contributed by atoms with Gasteiger partial charge in [0, 0.05) is 31.5 Å². The van der Waals surface area contributed by atoms with Gasteiger partial charge >= 0.3 is 0 Å². The van der Waals surface area contributed by atoms with Crippen molar-refractivity contribution in [3.63, 3.8) is 0 Å². The average Bonchev–Trinajstić information content (AvgIpc) is 3.16. The van der Waals surface area contributed by atoms with E-state index >= 15 is 0 Å². The number of rotatable bonds is 6. The number of nitrogens with zero attached hydrogens (tertiary/aromatic N) is 4. The first-order valence-electron chi connectivity index (χ1n) is 9.38. The summed E-state index contributed by atoms with van der Waals surface area (Å²) in [6.07, 6.45) is 3.58. The van der Waals surface area contributed by atoms with Crippen molar-refractivity contribution in [2.45, 2.75) is 13.8 Å². The Bertz CT molecular complexity index is 1030. The molecule has 29 heavy (non-hydrogen) atoms. The third-order valence-electron chi connectivity index (χ3n) is 4.42. The zero-order valence-corrected chi connectivity index (χ0v) is 16.3. The van der Waals surface area contributed by atoms with Crippen LogP contribution in [0.3, 0.4) is 0 Å². The van der Waals surface area contributed by atoms with E-state index in [0.29, 0.717) is 55.0 Å². The molecule has 4 rings (SSSR count). The summed E-state index contributed by atoms with van der Waals surface area (Å²) < 4.78 is 13.0. The molecule has 0 aliphatic carbocycles. The van der Waals surface area contributed by atoms with Crippen LogP contribution in [0.1, 0.15) is 22.0 Å². The van der Waals surface area contributed by atoms with Crippen LogP contribution in [0, 0.1) is 13.8 Å². The summed E-state index contributed by atoms with van der Waals surface area (Å²) in [5.41, 5.74) is 0.470. The molecule has 1 amide bonds. The molecular weight excluding hydrogens is 372 g/mol. The maximum Gasteiger partial charge on any atom is 0.255 e. The second-order valence-electron chi connectivity index (χ2n) is 6.52. The van der Waals surface area contributed by atoms with E-state index in [4.69, 9.17) is 9.47 Å². The fraction of sp³-hybridized carbons (Fsp3) is 0.300. The third-order valence-corrected chi connectivity index (χ3v) is 4.42. The van der Waals surface area contributed by atoms with Gasteiger partial charge in [0.1, 0.15) is 36.5 Å². The average molecular weight is 394 g/mol. The Hall–Kier alpha value is -3.62. The number of hydrogen-bond donors (Lipinski definition) is 2. The van der Waals surface area contributed by atoms with Gasteiger partial charge in [-0.15, -0.1) is 0 Å². The number of carbonyl (C=O) groups is 1. The van der Waals surface area contributed by atoms with Crippen LogP contribution in [0.5, 0.6) is 11.5 Å². The Morgan fingerprint density at radius 1 is 1.17 bits per heavy atom. The van der Waals surface area contributed by atoms with Crippen molar-refractivity contribution >= 4 is 11.7 Å². The number of carbonyl (C=O) groups excluding carboxylic acids is 1. The van der Waals surface area contributed by atoms with Gasteiger partial charge in [-0.1, -0.05) is 6.07 Å². The van der Waals surface area contributed by atoms with Crippen LogP contribution in [-0.4, -0.2) is 51.7 Å². The number of fused-ring (bicyclic) bond motifs is 1. The van der Waals surface area contributed by atoms with E-state index in [9.17, 15) is 4.79 Å². The zero-order valence-electron chi connectivity index (χ0n) is 16.3. The van der Waals surface area contributed by atoms with Gasteiger partial charge in [0.2, 0.25) is 0 Å². The molecule has 1 aromatic carbocycles. The van der Waals surface area contributed by atoms with Crippen molar-refractivity contribution in [1.82, 2.24) is 24.8 Å². The smallest absolute Gasteiger partial charge is 0.255 e. The Morgan fingerprint density at radius 2 is 2.03 bits per heavy atom. The van der Waals surface area contributed by atoms with E-state index in [0.717, 1.165) is 11.6 Å². The molecule has 1 aliphatic heterocycles. The van der Waals surface area contributed by atoms with E-state index in [1.807, 2.05) is 30.7 Å². The Kier molecular flexibility index (Phi) is 5.28. The van der Waals surface area contributed by atoms with E-state index in [-0.39, 0.29) is 5.91 Å². The Labute approximate surface area is 168 Å². The maximum absolute atomic E-state index is 12.5. The van der Waals surface area contributed by atoms with E-state index < -0.39 is 0 Å². The number of aromatic nitrogens is 4. The van der Waals surface area contributed by atoms with Gasteiger partial charge in [-0.25, -0.2) is 15.0 Å². The quantitative estimate of drug-likeness (QED) is 0.616. The predicted molar refractivity (Wildman–Crippen MR) is 107 cm³/mol. The molecule has 9 nitrogen and oxygen atoms in total. The minimum atomic E-state index is -0.206. The van der Waals surface area contributed by atoms with Crippen LogP contribution in [0.4, 0.5) is 5.82 Å². The lowest BCUT2D eigenvalue weighted by Gasteiger charge is -2.20. The lowest BCUT2D eigenvalue weighted by Crippen LogP contribution is -2.30. The molecule has 0 atom stereocenters. The highest BCUT2D eigenvalue weighted by Crippen LogP contribution is 2.33. The highest BCUT2D eigenvalue weighted by atomic mass is 16.6. The largest absolute Gasteiger partial charge is 0.486 e. The second-order valence-corrected chi connectivity index (χ2v) is 6.52. The van der Waals surface area contributed by atoms with E-state index in [2.05, 4.69) is 25.6 Å². The van der Waals surface area contributed by atoms with Crippen molar-refractivity contribution in [3.8, 4) is 17.3 Å². The molecule has 1 aliphatic rings. The highest BCUT2D eigenvalue weighted by Gasteiger charge is 2.19. The van der Waals surface area contributed by atoms with Crippen molar-refractivity contribution < 1.29 is 14.3 Å². The number of imidazole rings is 1. The molecule has 0 unspecified atom stereocenters. The molecule has 9 heteroatoms. The lowest BCUT2D eigenvalue weighted by atomic mass is 10.1. The number of hydrogen-bond acceptors (Lipinski definition) is 7. The summed E-state index contributed by atoms with van der Waals surface area (Å²) in [6.45, 7) is 5.61. The van der Waals surface area contributed by atoms with Crippen LogP contribution in [0.2, 0.25) is 0 Å². The predicted octanol–water partition coefficient (Wildman–Crippen LogP) is 1.89. The normalized spacial score (nSPS) is 12.5. The zero-order chi connectivity index (χ0) is 20.2. The summed E-state index contributed by atoms with van der Waals surface area (Å²) in [7, 11) is 0. The highest BCUT2D eigenvalue weighted by molar-refractivity contribution is 5.97. The molecule has 3 heterocycles. The fourth-order valence-corrected chi connectivity index (χ4v) is 3.10. The molecule has 3 aromatic rings. The summed E-state index contributed by atoms with van der Waals surface area (Å²) in [5.74, 6) is 3.81. The van der Waals surface area contributed by atoms with Crippen molar-refractivity contribution in [3.05, 3.63) is 53.9 Å². The number of amides is 1. The summed E-state index contributed by atoms with van der Waals surface area (Å²) in [4.78, 5) is 25.6. The molecule has 0 radical (unpaired) electrons. The molecule has 2 N–H and O–H groups in total. The van der Waals surface area contributed by atoms with Crippen molar-refractivity contribution in [2.75, 3.05) is 31.6 Å². The van der Waals surface area contributed by atoms with Gasteiger partial charge in [-0.3, -0.25) is 9.36 Å². The molecule has 0 saturated heterocycles. The number of benzene rings is 1. The van der Waals surface area contributed by atoms with Gasteiger partial charge in [0.05, 0.1) is 5.56 Å². The van der Waals surface area contributed by atoms with Gasteiger partial charge in [-0.2, -0.15) is 0 Å². The van der Waals surface area contributed by atoms with Crippen molar-refractivity contribution in [1.29, 1.82) is 0 Å². The number of nitrogens with one attached hydrogen (secondary N) is 2. The molecule has 0 spiro atoms. The lowest BCUT2D eigenvalue weighted by molar-refractivity contribution is 0.0944. The molecule has 0 bridgehead atoms. The van der Waals surface area contributed by atoms with Crippen LogP contribution < -0.4 is 20.1 Å². The molecule has 150 valence electrons. The molecule has 0 saturated carbocycles. The van der Waals surface area contributed by atoms with Gasteiger partial charge < -0.3 is 20.1 Å². The first-order chi connectivity index (χ1) is 14.1. The molecule has 0 fully saturated rings. The first kappa shape index (κ1) is 18.7. The second kappa shape index (κ2) is 8.17. The van der Waals surface area contributed by atoms with E-state index in [1.54, 1.807) is 24.4 Å². The number of aryl methyl sites for hydroxylation is 2. The summed E-state index contributed by atoms with van der Waals surface area (Å²) in [6, 6.07) is 7.15. The van der Waals surface area contributed by atoms with Crippen LogP contribution in [0.15, 0.2) is 36.7 Å². The number of para-hydroxylation sites is 1. The monoisotopic (exact) mass is 394 g/mol. The summed E-state index contributed by atoms with van der Waals surface area (Å²) in [5, 5.41) is 6.11. The SMILES string of the molecule is Cc1nc(NCCNC(=O)c2cccc3c2OCCO3)cc(-n2ccnc2C)n1. The minimum Gasteiger partial charge on any atom is -0.486 e. The van der Waals surface area contributed by atoms with Gasteiger partial charge in [0.25, 0.3) is 5.91 Å². The standard InChI is InChI=1S/C20H22N6O3/c1-13-24-17(12-18(25-13)26-9-8-21-14(26)2)22-6-7-23-20(27)15-4-3-5-16-19(15)29-11-10-28-16/h3-5,8-9,12H,6-7,10-11H2,1-2H3,(H,23,27)(H,22,24,25). The van der Waals surface area contributed by atoms with Crippen molar-refractivity contribution in [2.24, 2.45) is 0 Å². The van der Waals surface area contributed by atoms with Crippen LogP contribution >= 0.6 is 0 Å². The fourth-order valence-electron chi connectivity index (χ4n) is 3.10. The van der Waals surface area contributed by atoms with E-state index in [1.165, 1.54) is 0 Å². The molecule has 2 aromatic heterocycles. The Morgan fingerprint density at radius 3 is 2.86 bits per heavy atom. The van der Waals surface area contributed by atoms with Crippen LogP contribution in [-0.2, 0) is 0 Å². The minimum absolute atomic E-state index is 0.206. The Balaban J connectivity index is 1.36. The summed E-state index contributed by atoms with van der Waals surface area (Å²) >= 11 is 0. The first-order valence-corrected chi connectivity index (χ1v) is 9.38. The van der Waals surface area contributed by atoms with Gasteiger partial charge in [0.15, 0.2) is 11.5 Å². The maximum atomic E-state index is 12.5. The third kappa shape index (κ3) is 4.13. The topological polar surface area (TPSA) is 103 Å². The molecular formula is C20H22N6O3. The van der Waals surface area contributed by atoms with Crippen LogP contribution in [0.25, 0.3) is 5.82 Å².